The molecule has 186 valence electrons. The zero-order valence-corrected chi connectivity index (χ0v) is 20.0. The van der Waals surface area contributed by atoms with Crippen LogP contribution in [0.5, 0.6) is 0 Å². The van der Waals surface area contributed by atoms with Crippen LogP contribution in [-0.4, -0.2) is 62.4 Å². The summed E-state index contributed by atoms with van der Waals surface area (Å²) >= 11 is 6.42. The molecule has 0 amide bonds. The van der Waals surface area contributed by atoms with Crippen LogP contribution in [0.15, 0.2) is 11.1 Å². The Morgan fingerprint density at radius 3 is 2.39 bits per heavy atom. The number of nitrogen functional groups attached to an aromatic ring is 1. The SMILES string of the molecule is CC#CC1(Cl)[C@@H](O)[C@@H]([C@H](C)OP(=O)(O)OP(=O)(O)OP(=O)(O)O)O[C@H]1n1cnc(N)nc1=O. The number of aliphatic hydroxyl groups excluding tert-OH is 1. The van der Waals surface area contributed by atoms with Gasteiger partial charge in [-0.25, -0.2) is 23.5 Å². The summed E-state index contributed by atoms with van der Waals surface area (Å²) in [5.74, 6) is 4.53. The van der Waals surface area contributed by atoms with Crippen LogP contribution in [0.2, 0.25) is 0 Å². The maximum Gasteiger partial charge on any atom is 0.490 e. The molecular weight excluding hydrogens is 537 g/mol. The highest BCUT2D eigenvalue weighted by molar-refractivity contribution is 7.66. The first-order chi connectivity index (χ1) is 14.9. The number of aliphatic hydroxyl groups is 1. The predicted molar refractivity (Wildman–Crippen MR) is 107 cm³/mol. The molecule has 17 nitrogen and oxygen atoms in total. The van der Waals surface area contributed by atoms with E-state index in [1.54, 1.807) is 0 Å². The Labute approximate surface area is 189 Å². The van der Waals surface area contributed by atoms with Crippen LogP contribution in [0.3, 0.4) is 0 Å². The first kappa shape index (κ1) is 28.0. The van der Waals surface area contributed by atoms with Crippen LogP contribution in [-0.2, 0) is 31.6 Å². The van der Waals surface area contributed by atoms with Crippen LogP contribution in [0.25, 0.3) is 0 Å². The minimum atomic E-state index is -5.77. The van der Waals surface area contributed by atoms with Crippen molar-refractivity contribution >= 4 is 41.0 Å². The smallest absolute Gasteiger partial charge is 0.387 e. The molecule has 21 heteroatoms. The van der Waals surface area contributed by atoms with Crippen LogP contribution in [0.4, 0.5) is 5.95 Å². The third kappa shape index (κ3) is 6.91. The first-order valence-corrected chi connectivity index (χ1v) is 13.3. The van der Waals surface area contributed by atoms with Gasteiger partial charge in [0, 0.05) is 0 Å². The van der Waals surface area contributed by atoms with E-state index < -0.39 is 58.6 Å². The predicted octanol–water partition coefficient (Wildman–Crippen LogP) is -0.789. The highest BCUT2D eigenvalue weighted by Gasteiger charge is 2.58. The lowest BCUT2D eigenvalue weighted by Gasteiger charge is -2.26. The Hall–Kier alpha value is -1.21. The highest BCUT2D eigenvalue weighted by atomic mass is 35.5. The lowest BCUT2D eigenvalue weighted by molar-refractivity contribution is -0.0751. The molecule has 1 aliphatic rings. The third-order valence-electron chi connectivity index (χ3n) is 3.88. The summed E-state index contributed by atoms with van der Waals surface area (Å²) in [5.41, 5.74) is 4.35. The number of aromatic nitrogens is 3. The van der Waals surface area contributed by atoms with Crippen LogP contribution < -0.4 is 11.4 Å². The highest BCUT2D eigenvalue weighted by Crippen LogP contribution is 2.66. The second-order valence-electron chi connectivity index (χ2n) is 6.35. The Balaban J connectivity index is 2.31. The number of nitrogens with two attached hydrogens (primary N) is 1. The Kier molecular flexibility index (Phi) is 8.33. The van der Waals surface area contributed by atoms with Crippen molar-refractivity contribution in [2.75, 3.05) is 5.73 Å². The monoisotopic (exact) mass is 554 g/mol. The fraction of sp³-hybridized carbons (Fsp3) is 0.583. The van der Waals surface area contributed by atoms with Crippen molar-refractivity contribution in [1.29, 1.82) is 0 Å². The van der Waals surface area contributed by atoms with Crippen molar-refractivity contribution in [3.63, 3.8) is 0 Å². The molecule has 1 aromatic heterocycles. The standard InChI is InChI=1S/C12H18ClN4O13P3/c1-3-4-12(13)8(18)7(27-9(12)17-5-15-10(14)16-11(17)19)6(2)28-32(23,24)30-33(25,26)29-31(20,21)22/h5-9,18H,1-2H3,(H,23,24)(H,25,26)(H2,14,16,19)(H2,20,21,22)/t6-,7+,8-,9+,12?/m0/s1. The van der Waals surface area contributed by atoms with E-state index in [0.29, 0.717) is 0 Å². The molecule has 2 rings (SSSR count). The summed E-state index contributed by atoms with van der Waals surface area (Å²) in [5, 5.41) is 10.7. The molecule has 1 aromatic rings. The summed E-state index contributed by atoms with van der Waals surface area (Å²) in [7, 11) is -16.9. The van der Waals surface area contributed by atoms with Gasteiger partial charge in [0.2, 0.25) is 5.95 Å². The van der Waals surface area contributed by atoms with Crippen LogP contribution >= 0.6 is 35.1 Å². The summed E-state index contributed by atoms with van der Waals surface area (Å²) < 4.78 is 52.4. The molecule has 0 saturated carbocycles. The normalized spacial score (nSPS) is 30.0. The molecule has 2 heterocycles. The summed E-state index contributed by atoms with van der Waals surface area (Å²) in [6.45, 7) is 2.41. The lowest BCUT2D eigenvalue weighted by Crippen LogP contribution is -2.45. The average molecular weight is 555 g/mol. The van der Waals surface area contributed by atoms with Crippen molar-refractivity contribution in [3.8, 4) is 11.8 Å². The number of hydrogen-bond acceptors (Lipinski definition) is 12. The van der Waals surface area contributed by atoms with Gasteiger partial charge in [0.1, 0.15) is 18.5 Å². The molecular formula is C12H18ClN4O13P3. The molecule has 33 heavy (non-hydrogen) atoms. The van der Waals surface area contributed by atoms with Crippen molar-refractivity contribution in [2.24, 2.45) is 0 Å². The number of ether oxygens (including phenoxy) is 1. The molecule has 0 spiro atoms. The zero-order chi connectivity index (χ0) is 25.4. The fourth-order valence-corrected chi connectivity index (χ4v) is 6.33. The van der Waals surface area contributed by atoms with Crippen molar-refractivity contribution in [2.45, 2.75) is 43.3 Å². The second kappa shape index (κ2) is 9.80. The molecule has 0 aliphatic carbocycles. The van der Waals surface area contributed by atoms with Gasteiger partial charge in [0.25, 0.3) is 0 Å². The van der Waals surface area contributed by atoms with E-state index in [2.05, 4.69) is 35.0 Å². The third-order valence-corrected chi connectivity index (χ3v) is 8.31. The first-order valence-electron chi connectivity index (χ1n) is 8.40. The molecule has 0 bridgehead atoms. The van der Waals surface area contributed by atoms with Gasteiger partial charge in [-0.2, -0.15) is 13.6 Å². The van der Waals surface area contributed by atoms with E-state index in [1.165, 1.54) is 6.92 Å². The number of phosphoric ester groups is 1. The maximum absolute atomic E-state index is 12.2. The Bertz CT molecular complexity index is 1160. The van der Waals surface area contributed by atoms with Crippen LogP contribution in [0.1, 0.15) is 20.1 Å². The van der Waals surface area contributed by atoms with Gasteiger partial charge in [-0.15, -0.1) is 5.92 Å². The summed E-state index contributed by atoms with van der Waals surface area (Å²) in [6, 6.07) is 0. The van der Waals surface area contributed by atoms with Crippen molar-refractivity contribution in [1.82, 2.24) is 14.5 Å². The molecule has 1 saturated heterocycles. The average Bonchev–Trinajstić information content (AvgIpc) is 2.83. The van der Waals surface area contributed by atoms with Crippen molar-refractivity contribution < 1.29 is 56.3 Å². The summed E-state index contributed by atoms with van der Waals surface area (Å²) in [6.07, 6.45) is -5.72. The number of anilines is 1. The molecule has 0 radical (unpaired) electrons. The molecule has 7 N–H and O–H groups in total. The lowest BCUT2D eigenvalue weighted by atomic mass is 9.97. The number of nitrogens with zero attached hydrogens (tertiary/aromatic N) is 3. The largest absolute Gasteiger partial charge is 0.490 e. The topological polar surface area (TPSA) is 263 Å². The molecule has 7 atom stereocenters. The fourth-order valence-electron chi connectivity index (χ4n) is 2.76. The molecule has 1 fully saturated rings. The van der Waals surface area contributed by atoms with E-state index in [4.69, 9.17) is 31.9 Å². The zero-order valence-electron chi connectivity index (χ0n) is 16.5. The minimum absolute atomic E-state index is 0.367. The van der Waals surface area contributed by atoms with Gasteiger partial charge in [0.15, 0.2) is 11.1 Å². The summed E-state index contributed by atoms with van der Waals surface area (Å²) in [4.78, 5) is 53.3. The minimum Gasteiger partial charge on any atom is -0.387 e. The number of phosphoric acid groups is 3. The van der Waals surface area contributed by atoms with Crippen LogP contribution in [0, 0.1) is 11.8 Å². The van der Waals surface area contributed by atoms with Crippen molar-refractivity contribution in [3.05, 3.63) is 16.8 Å². The Morgan fingerprint density at radius 2 is 1.88 bits per heavy atom. The van der Waals surface area contributed by atoms with Gasteiger partial charge >= 0.3 is 29.2 Å². The number of hydrogen-bond donors (Lipinski definition) is 6. The number of alkyl halides is 1. The molecule has 1 aliphatic heterocycles. The maximum atomic E-state index is 12.2. The van der Waals surface area contributed by atoms with Gasteiger partial charge in [-0.05, 0) is 13.8 Å². The van der Waals surface area contributed by atoms with E-state index in [1.807, 2.05) is 0 Å². The van der Waals surface area contributed by atoms with E-state index in [-0.39, 0.29) is 5.95 Å². The van der Waals surface area contributed by atoms with Gasteiger partial charge in [-0.3, -0.25) is 9.09 Å². The number of halogens is 1. The quantitative estimate of drug-likeness (QED) is 0.130. The van der Waals surface area contributed by atoms with Gasteiger partial charge in [0.05, 0.1) is 6.10 Å². The molecule has 0 aromatic carbocycles. The second-order valence-corrected chi connectivity index (χ2v) is 11.3. The Morgan fingerprint density at radius 1 is 1.27 bits per heavy atom. The van der Waals surface area contributed by atoms with Gasteiger partial charge < -0.3 is 35.2 Å². The van der Waals surface area contributed by atoms with E-state index in [0.717, 1.165) is 17.8 Å². The van der Waals surface area contributed by atoms with E-state index in [9.17, 15) is 33.4 Å². The molecule has 3 unspecified atom stereocenters. The number of rotatable bonds is 8. The van der Waals surface area contributed by atoms with E-state index >= 15 is 0 Å². The van der Waals surface area contributed by atoms with Gasteiger partial charge in [-0.1, -0.05) is 17.5 Å².